The lowest BCUT2D eigenvalue weighted by molar-refractivity contribution is 0.0466. The van der Waals surface area contributed by atoms with Crippen molar-refractivity contribution in [2.24, 2.45) is 0 Å². The van der Waals surface area contributed by atoms with E-state index in [4.69, 9.17) is 25.8 Å². The van der Waals surface area contributed by atoms with Crippen molar-refractivity contribution in [3.05, 3.63) is 41.4 Å². The summed E-state index contributed by atoms with van der Waals surface area (Å²) in [7, 11) is -0.991. The maximum absolute atomic E-state index is 13.5. The molecular formula is C22H30ClN7O5S. The van der Waals surface area contributed by atoms with Crippen molar-refractivity contribution in [1.82, 2.24) is 29.7 Å². The molecule has 0 saturated heterocycles. The summed E-state index contributed by atoms with van der Waals surface area (Å²) >= 11 is 5.90. The topological polar surface area (TPSA) is 143 Å². The van der Waals surface area contributed by atoms with Crippen molar-refractivity contribution in [2.45, 2.75) is 44.6 Å². The van der Waals surface area contributed by atoms with Crippen molar-refractivity contribution >= 4 is 27.6 Å². The van der Waals surface area contributed by atoms with Crippen LogP contribution < -0.4 is 9.46 Å². The van der Waals surface area contributed by atoms with Crippen molar-refractivity contribution < 1.29 is 22.6 Å². The Bertz CT molecular complexity index is 1240. The highest BCUT2D eigenvalue weighted by Crippen LogP contribution is 2.29. The number of sulfonamides is 1. The highest BCUT2D eigenvalue weighted by atomic mass is 35.5. The fourth-order valence-corrected chi connectivity index (χ4v) is 4.64. The zero-order valence-electron chi connectivity index (χ0n) is 20.8. The van der Waals surface area contributed by atoms with Crippen LogP contribution in [0.4, 0.5) is 5.95 Å². The molecule has 3 heterocycles. The number of nitrogens with zero attached hydrogens (tertiary/aromatic N) is 6. The van der Waals surface area contributed by atoms with E-state index >= 15 is 0 Å². The number of aromatic nitrogens is 6. The van der Waals surface area contributed by atoms with Gasteiger partial charge in [0.25, 0.3) is 0 Å². The molecule has 3 rings (SSSR count). The minimum absolute atomic E-state index is 0.0114. The van der Waals surface area contributed by atoms with Crippen molar-refractivity contribution in [1.29, 1.82) is 0 Å². The lowest BCUT2D eigenvalue weighted by atomic mass is 10.2. The summed E-state index contributed by atoms with van der Waals surface area (Å²) in [4.78, 5) is 12.8. The van der Waals surface area contributed by atoms with Gasteiger partial charge in [-0.25, -0.2) is 23.4 Å². The summed E-state index contributed by atoms with van der Waals surface area (Å²) in [5.74, 6) is 0.957. The van der Waals surface area contributed by atoms with Crippen LogP contribution in [0.2, 0.25) is 5.02 Å². The molecule has 3 aromatic rings. The van der Waals surface area contributed by atoms with Crippen LogP contribution in [0.25, 0.3) is 11.5 Å². The van der Waals surface area contributed by atoms with E-state index in [9.17, 15) is 8.42 Å². The zero-order chi connectivity index (χ0) is 26.3. The van der Waals surface area contributed by atoms with Gasteiger partial charge in [-0.05, 0) is 26.3 Å². The molecule has 0 saturated carbocycles. The van der Waals surface area contributed by atoms with Crippen LogP contribution in [0, 0.1) is 0 Å². The van der Waals surface area contributed by atoms with Crippen LogP contribution in [-0.2, 0) is 19.5 Å². The molecule has 0 amide bonds. The zero-order valence-corrected chi connectivity index (χ0v) is 22.3. The Morgan fingerprint density at radius 1 is 1.14 bits per heavy atom. The van der Waals surface area contributed by atoms with Crippen LogP contribution >= 0.6 is 11.6 Å². The lowest BCUT2D eigenvalue weighted by Gasteiger charge is -2.24. The molecule has 0 aromatic carbocycles. The Balaban J connectivity index is 1.98. The summed E-state index contributed by atoms with van der Waals surface area (Å²) < 4.78 is 47.6. The fraction of sp³-hybridized carbons (Fsp3) is 0.500. The molecule has 0 aliphatic rings. The van der Waals surface area contributed by atoms with Crippen LogP contribution in [0.15, 0.2) is 30.6 Å². The molecule has 196 valence electrons. The number of halogens is 1. The third-order valence-corrected chi connectivity index (χ3v) is 7.14. The molecule has 36 heavy (non-hydrogen) atoms. The highest BCUT2D eigenvalue weighted by Gasteiger charge is 2.35. The molecule has 0 unspecified atom stereocenters. The maximum atomic E-state index is 13.5. The van der Waals surface area contributed by atoms with E-state index in [0.717, 1.165) is 0 Å². The van der Waals surface area contributed by atoms with E-state index in [1.165, 1.54) is 26.4 Å². The smallest absolute Gasteiger partial charge is 0.240 e. The van der Waals surface area contributed by atoms with Crippen molar-refractivity contribution in [3.8, 4) is 17.4 Å². The second kappa shape index (κ2) is 12.4. The first-order valence-electron chi connectivity index (χ1n) is 11.3. The SMILES string of the molecule is CCCO[C@@H](c1ncc(Cl)cn1)[C@H](C)S(=O)(=O)Nc1nnc(-c2cccc(OC)n2)n1[C@@H](C)COC. The summed E-state index contributed by atoms with van der Waals surface area (Å²) in [5.41, 5.74) is 0.460. The van der Waals surface area contributed by atoms with Crippen LogP contribution in [0.1, 0.15) is 45.2 Å². The van der Waals surface area contributed by atoms with Gasteiger partial charge in [0.1, 0.15) is 17.0 Å². The average molecular weight is 540 g/mol. The number of methoxy groups -OCH3 is 2. The summed E-state index contributed by atoms with van der Waals surface area (Å²) in [6, 6.07) is 4.86. The van der Waals surface area contributed by atoms with Gasteiger partial charge in [0.15, 0.2) is 11.6 Å². The largest absolute Gasteiger partial charge is 0.481 e. The summed E-state index contributed by atoms with van der Waals surface area (Å²) in [6.45, 7) is 5.89. The first kappa shape index (κ1) is 27.7. The van der Waals surface area contributed by atoms with Crippen LogP contribution in [0.3, 0.4) is 0 Å². The minimum atomic E-state index is -4.05. The summed E-state index contributed by atoms with van der Waals surface area (Å²) in [6.07, 6.45) is 2.54. The lowest BCUT2D eigenvalue weighted by Crippen LogP contribution is -2.34. The summed E-state index contributed by atoms with van der Waals surface area (Å²) in [5, 5.41) is 7.59. The fourth-order valence-electron chi connectivity index (χ4n) is 3.44. The number of pyridine rings is 1. The molecule has 3 atom stereocenters. The van der Waals surface area contributed by atoms with E-state index in [1.807, 2.05) is 13.8 Å². The molecule has 12 nitrogen and oxygen atoms in total. The maximum Gasteiger partial charge on any atom is 0.240 e. The van der Waals surface area contributed by atoms with Gasteiger partial charge in [-0.2, -0.15) is 0 Å². The van der Waals surface area contributed by atoms with Crippen molar-refractivity contribution in [2.75, 3.05) is 32.2 Å². The van der Waals surface area contributed by atoms with Crippen LogP contribution in [-0.4, -0.2) is 70.8 Å². The van der Waals surface area contributed by atoms with E-state index in [1.54, 1.807) is 29.9 Å². The Labute approximate surface area is 215 Å². The number of hydrogen-bond donors (Lipinski definition) is 1. The molecule has 1 N–H and O–H groups in total. The normalized spacial score (nSPS) is 14.3. The predicted octanol–water partition coefficient (Wildman–Crippen LogP) is 3.30. The standard InChI is InChI=1S/C22H30ClN7O5S/c1-6-10-35-19(20-24-11-16(23)12-25-20)15(3)36(31,32)29-22-28-27-21(30(22)14(2)13-33-4)17-8-7-9-18(26-17)34-5/h7-9,11-12,14-15,19H,6,10,13H2,1-5H3,(H,28,29)/t14-,15-,19+/m0/s1. The molecule has 14 heteroatoms. The molecule has 0 spiro atoms. The average Bonchev–Trinajstić information content (AvgIpc) is 3.28. The van der Waals surface area contributed by atoms with Crippen molar-refractivity contribution in [3.63, 3.8) is 0 Å². The second-order valence-corrected chi connectivity index (χ2v) is 10.5. The number of hydrogen-bond acceptors (Lipinski definition) is 10. The number of ether oxygens (including phenoxy) is 3. The Morgan fingerprint density at radius 2 is 1.86 bits per heavy atom. The Morgan fingerprint density at radius 3 is 2.50 bits per heavy atom. The molecule has 0 bridgehead atoms. The Kier molecular flexibility index (Phi) is 9.54. The van der Waals surface area contributed by atoms with Gasteiger partial charge in [0, 0.05) is 32.2 Å². The quantitative estimate of drug-likeness (QED) is 0.343. The molecule has 0 aliphatic heterocycles. The molecular weight excluding hydrogens is 510 g/mol. The first-order valence-corrected chi connectivity index (χ1v) is 13.2. The molecule has 0 fully saturated rings. The number of rotatable bonds is 13. The van der Waals surface area contributed by atoms with Gasteiger partial charge >= 0.3 is 0 Å². The van der Waals surface area contributed by atoms with Gasteiger partial charge in [-0.1, -0.05) is 24.6 Å². The number of anilines is 1. The van der Waals surface area contributed by atoms with Gasteiger partial charge in [0.2, 0.25) is 21.9 Å². The molecule has 0 radical (unpaired) electrons. The number of nitrogens with one attached hydrogen (secondary N) is 1. The van der Waals surface area contributed by atoms with Gasteiger partial charge < -0.3 is 14.2 Å². The monoisotopic (exact) mass is 539 g/mol. The van der Waals surface area contributed by atoms with E-state index in [2.05, 4.69) is 29.9 Å². The minimum Gasteiger partial charge on any atom is -0.481 e. The van der Waals surface area contributed by atoms with E-state index in [0.29, 0.717) is 35.4 Å². The van der Waals surface area contributed by atoms with Gasteiger partial charge in [-0.15, -0.1) is 10.2 Å². The Hall–Kier alpha value is -2.87. The third-order valence-electron chi connectivity index (χ3n) is 5.25. The van der Waals surface area contributed by atoms with E-state index in [-0.39, 0.29) is 24.4 Å². The predicted molar refractivity (Wildman–Crippen MR) is 134 cm³/mol. The highest BCUT2D eigenvalue weighted by molar-refractivity contribution is 7.93. The van der Waals surface area contributed by atoms with Crippen LogP contribution in [0.5, 0.6) is 5.88 Å². The molecule has 0 aliphatic carbocycles. The molecule has 3 aromatic heterocycles. The second-order valence-electron chi connectivity index (χ2n) is 7.99. The van der Waals surface area contributed by atoms with Gasteiger partial charge in [-0.3, -0.25) is 9.29 Å². The van der Waals surface area contributed by atoms with E-state index < -0.39 is 21.4 Å². The first-order chi connectivity index (χ1) is 17.2. The van der Waals surface area contributed by atoms with Gasteiger partial charge in [0.05, 0.1) is 24.8 Å². The third kappa shape index (κ3) is 6.46.